The van der Waals surface area contributed by atoms with Crippen molar-refractivity contribution < 1.29 is 19.1 Å². The van der Waals surface area contributed by atoms with E-state index in [0.717, 1.165) is 16.9 Å². The minimum absolute atomic E-state index is 0.170. The number of carbonyl (C=O) groups excluding carboxylic acids is 3. The molecule has 0 bridgehead atoms. The van der Waals surface area contributed by atoms with E-state index in [1.54, 1.807) is 31.2 Å². The molecule has 0 saturated carbocycles. The van der Waals surface area contributed by atoms with Crippen molar-refractivity contribution in [2.24, 2.45) is 0 Å². The van der Waals surface area contributed by atoms with Crippen LogP contribution in [-0.2, 0) is 20.7 Å². The summed E-state index contributed by atoms with van der Waals surface area (Å²) in [5.41, 5.74) is 2.76. The van der Waals surface area contributed by atoms with Crippen molar-refractivity contribution in [1.82, 2.24) is 9.97 Å². The number of benzene rings is 2. The van der Waals surface area contributed by atoms with Crippen LogP contribution in [0.5, 0.6) is 0 Å². The smallest absolute Gasteiger partial charge is 0.338 e. The molecule has 1 N–H and O–H groups in total. The summed E-state index contributed by atoms with van der Waals surface area (Å²) in [6, 6.07) is 14.2. The van der Waals surface area contributed by atoms with Crippen molar-refractivity contribution in [1.29, 1.82) is 0 Å². The number of aryl methyl sites for hydroxylation is 1. The van der Waals surface area contributed by atoms with Gasteiger partial charge in [-0.25, -0.2) is 14.7 Å². The highest BCUT2D eigenvalue weighted by atomic mass is 32.2. The molecule has 1 aromatic heterocycles. The van der Waals surface area contributed by atoms with Crippen molar-refractivity contribution in [3.63, 3.8) is 0 Å². The lowest BCUT2D eigenvalue weighted by molar-refractivity contribution is -0.121. The first kappa shape index (κ1) is 20.2. The fourth-order valence-electron chi connectivity index (χ4n) is 3.39. The van der Waals surface area contributed by atoms with E-state index in [2.05, 4.69) is 9.97 Å². The number of para-hydroxylation sites is 2. The number of hydrogen-bond acceptors (Lipinski definition) is 6. The van der Waals surface area contributed by atoms with Crippen molar-refractivity contribution in [2.75, 3.05) is 17.3 Å². The molecular weight excluding hydrogens is 402 g/mol. The molecule has 2 amide bonds. The number of thioether (sulfide) groups is 1. The van der Waals surface area contributed by atoms with Gasteiger partial charge in [-0.15, -0.1) is 11.8 Å². The fraction of sp³-hybridized carbons (Fsp3) is 0.273. The summed E-state index contributed by atoms with van der Waals surface area (Å²) >= 11 is 1.47. The van der Waals surface area contributed by atoms with Gasteiger partial charge in [0.2, 0.25) is 11.8 Å². The van der Waals surface area contributed by atoms with Gasteiger partial charge in [0.1, 0.15) is 5.82 Å². The number of ether oxygens (including phenoxy) is 1. The molecule has 154 valence electrons. The van der Waals surface area contributed by atoms with Crippen LogP contribution in [0.2, 0.25) is 0 Å². The number of anilines is 1. The Labute approximate surface area is 177 Å². The molecule has 1 fully saturated rings. The fourth-order valence-corrected chi connectivity index (χ4v) is 4.49. The second-order valence-corrected chi connectivity index (χ2v) is 8.16. The number of nitrogens with zero attached hydrogens (tertiary/aromatic N) is 2. The van der Waals surface area contributed by atoms with Crippen LogP contribution in [0.1, 0.15) is 29.5 Å². The van der Waals surface area contributed by atoms with Gasteiger partial charge in [0.05, 0.1) is 34.1 Å². The third-order valence-electron chi connectivity index (χ3n) is 4.84. The highest BCUT2D eigenvalue weighted by Crippen LogP contribution is 2.30. The molecule has 1 unspecified atom stereocenters. The summed E-state index contributed by atoms with van der Waals surface area (Å²) in [7, 11) is 0. The number of imide groups is 1. The van der Waals surface area contributed by atoms with Gasteiger partial charge in [-0.3, -0.25) is 9.59 Å². The molecule has 0 radical (unpaired) electrons. The van der Waals surface area contributed by atoms with E-state index in [4.69, 9.17) is 4.74 Å². The minimum Gasteiger partial charge on any atom is -0.462 e. The zero-order valence-electron chi connectivity index (χ0n) is 16.5. The van der Waals surface area contributed by atoms with E-state index in [1.807, 2.05) is 24.3 Å². The quantitative estimate of drug-likeness (QED) is 0.463. The van der Waals surface area contributed by atoms with Gasteiger partial charge in [-0.2, -0.15) is 0 Å². The number of rotatable bonds is 7. The zero-order valence-corrected chi connectivity index (χ0v) is 17.3. The van der Waals surface area contributed by atoms with E-state index >= 15 is 0 Å². The average Bonchev–Trinajstić information content (AvgIpc) is 3.28. The van der Waals surface area contributed by atoms with Gasteiger partial charge in [-0.05, 0) is 43.3 Å². The van der Waals surface area contributed by atoms with E-state index in [-0.39, 0.29) is 24.8 Å². The number of fused-ring (bicyclic) bond motifs is 1. The van der Waals surface area contributed by atoms with Crippen LogP contribution in [0.4, 0.5) is 5.69 Å². The lowest BCUT2D eigenvalue weighted by Gasteiger charge is -2.15. The van der Waals surface area contributed by atoms with Gasteiger partial charge in [0, 0.05) is 18.6 Å². The Hall–Kier alpha value is -3.13. The topological polar surface area (TPSA) is 92.4 Å². The highest BCUT2D eigenvalue weighted by molar-refractivity contribution is 8.00. The second kappa shape index (κ2) is 8.71. The molecule has 0 aliphatic carbocycles. The number of aromatic amines is 1. The maximum atomic E-state index is 12.8. The SMILES string of the molecule is CCOC(=O)c1ccc(N2C(=O)CC(SCCc3nc4ccccc4[nH]3)C2=O)cc1. The summed E-state index contributed by atoms with van der Waals surface area (Å²) in [6.07, 6.45) is 0.856. The summed E-state index contributed by atoms with van der Waals surface area (Å²) in [4.78, 5) is 46.0. The Morgan fingerprint density at radius 2 is 1.97 bits per heavy atom. The molecule has 8 heteroatoms. The van der Waals surface area contributed by atoms with Crippen LogP contribution in [0, 0.1) is 0 Å². The van der Waals surface area contributed by atoms with Crippen molar-refractivity contribution in [2.45, 2.75) is 25.0 Å². The van der Waals surface area contributed by atoms with Gasteiger partial charge in [0.25, 0.3) is 0 Å². The number of imidazole rings is 1. The van der Waals surface area contributed by atoms with Gasteiger partial charge >= 0.3 is 5.97 Å². The van der Waals surface area contributed by atoms with E-state index in [9.17, 15) is 14.4 Å². The second-order valence-electron chi connectivity index (χ2n) is 6.85. The maximum absolute atomic E-state index is 12.8. The Morgan fingerprint density at radius 1 is 1.20 bits per heavy atom. The molecule has 1 saturated heterocycles. The third kappa shape index (κ3) is 4.09. The normalized spacial score (nSPS) is 16.4. The van der Waals surface area contributed by atoms with Crippen LogP contribution >= 0.6 is 11.8 Å². The molecule has 30 heavy (non-hydrogen) atoms. The number of hydrogen-bond donors (Lipinski definition) is 1. The zero-order chi connectivity index (χ0) is 21.1. The van der Waals surface area contributed by atoms with Crippen LogP contribution in [-0.4, -0.2) is 45.4 Å². The molecule has 0 spiro atoms. The number of nitrogens with one attached hydrogen (secondary N) is 1. The van der Waals surface area contributed by atoms with Crippen molar-refractivity contribution in [3.8, 4) is 0 Å². The average molecular weight is 423 g/mol. The Balaban J connectivity index is 1.37. The standard InChI is InChI=1S/C22H21N3O4S/c1-2-29-22(28)14-7-9-15(10-8-14)25-20(26)13-18(21(25)27)30-12-11-19-23-16-5-3-4-6-17(16)24-19/h3-10,18H,2,11-13H2,1H3,(H,23,24). The highest BCUT2D eigenvalue weighted by Gasteiger charge is 2.39. The van der Waals surface area contributed by atoms with E-state index < -0.39 is 11.2 Å². The van der Waals surface area contributed by atoms with Crippen LogP contribution in [0.25, 0.3) is 11.0 Å². The third-order valence-corrected chi connectivity index (χ3v) is 6.05. The molecular formula is C22H21N3O4S. The first-order valence-corrected chi connectivity index (χ1v) is 10.8. The van der Waals surface area contributed by atoms with E-state index in [0.29, 0.717) is 23.4 Å². The van der Waals surface area contributed by atoms with Gasteiger partial charge in [-0.1, -0.05) is 12.1 Å². The van der Waals surface area contributed by atoms with Crippen LogP contribution in [0.3, 0.4) is 0 Å². The molecule has 1 aliphatic heterocycles. The molecule has 3 aromatic rings. The number of carbonyl (C=O) groups is 3. The van der Waals surface area contributed by atoms with Crippen LogP contribution < -0.4 is 4.90 Å². The predicted molar refractivity (Wildman–Crippen MR) is 116 cm³/mol. The summed E-state index contributed by atoms with van der Waals surface area (Å²) in [5, 5.41) is -0.411. The Bertz CT molecular complexity index is 1060. The molecule has 2 aromatic carbocycles. The summed E-state index contributed by atoms with van der Waals surface area (Å²) in [6.45, 7) is 2.02. The van der Waals surface area contributed by atoms with Crippen LogP contribution in [0.15, 0.2) is 48.5 Å². The molecule has 1 atom stereocenters. The maximum Gasteiger partial charge on any atom is 0.338 e. The number of aromatic nitrogens is 2. The lowest BCUT2D eigenvalue weighted by atomic mass is 10.2. The Morgan fingerprint density at radius 3 is 2.70 bits per heavy atom. The number of amides is 2. The summed E-state index contributed by atoms with van der Waals surface area (Å²) < 4.78 is 4.96. The molecule has 4 rings (SSSR count). The summed E-state index contributed by atoms with van der Waals surface area (Å²) in [5.74, 6) is 0.664. The van der Waals surface area contributed by atoms with Gasteiger partial charge in [0.15, 0.2) is 0 Å². The molecule has 1 aliphatic rings. The molecule has 2 heterocycles. The first-order valence-electron chi connectivity index (χ1n) is 9.76. The van der Waals surface area contributed by atoms with Crippen molar-refractivity contribution in [3.05, 3.63) is 59.9 Å². The monoisotopic (exact) mass is 423 g/mol. The number of H-pyrrole nitrogens is 1. The number of esters is 1. The van der Waals surface area contributed by atoms with Crippen molar-refractivity contribution >= 4 is 46.3 Å². The largest absolute Gasteiger partial charge is 0.462 e. The molecule has 7 nitrogen and oxygen atoms in total. The van der Waals surface area contributed by atoms with Gasteiger partial charge < -0.3 is 9.72 Å². The Kier molecular flexibility index (Phi) is 5.85. The first-order chi connectivity index (χ1) is 14.6. The minimum atomic E-state index is -0.429. The predicted octanol–water partition coefficient (Wildman–Crippen LogP) is 3.35. The lowest BCUT2D eigenvalue weighted by Crippen LogP contribution is -2.31. The van der Waals surface area contributed by atoms with E-state index in [1.165, 1.54) is 16.7 Å².